The fraction of sp³-hybridized carbons (Fsp3) is 0.350. The van der Waals surface area contributed by atoms with Gasteiger partial charge in [-0.2, -0.15) is 4.31 Å². The van der Waals surface area contributed by atoms with Crippen molar-refractivity contribution in [3.05, 3.63) is 47.5 Å². The van der Waals surface area contributed by atoms with Gasteiger partial charge in [0.1, 0.15) is 5.75 Å². The Kier molecular flexibility index (Phi) is 7.03. The number of rotatable bonds is 7. The molecule has 9 nitrogen and oxygen atoms in total. The number of nitrogens with zero attached hydrogens (tertiary/aromatic N) is 2. The van der Waals surface area contributed by atoms with Crippen molar-refractivity contribution in [3.8, 4) is 5.75 Å². The van der Waals surface area contributed by atoms with E-state index in [-0.39, 0.29) is 22.9 Å². The molecule has 0 spiro atoms. The molecule has 1 atom stereocenters. The Morgan fingerprint density at radius 3 is 2.31 bits per heavy atom. The molecule has 0 fully saturated rings. The van der Waals surface area contributed by atoms with Gasteiger partial charge in [0.2, 0.25) is 20.0 Å². The summed E-state index contributed by atoms with van der Waals surface area (Å²) in [5, 5.41) is 2.98. The third kappa shape index (κ3) is 5.01. The molecule has 32 heavy (non-hydrogen) atoms. The van der Waals surface area contributed by atoms with Crippen LogP contribution in [-0.2, 0) is 24.8 Å². The van der Waals surface area contributed by atoms with Crippen LogP contribution in [0.15, 0.2) is 47.4 Å². The number of nitrogens with one attached hydrogen (secondary N) is 1. The molecule has 2 aromatic carbocycles. The van der Waals surface area contributed by atoms with E-state index < -0.39 is 32.1 Å². The van der Waals surface area contributed by atoms with Gasteiger partial charge in [0.25, 0.3) is 5.91 Å². The van der Waals surface area contributed by atoms with Gasteiger partial charge >= 0.3 is 0 Å². The standard InChI is InChI=1S/C20H24ClN3O6S2/c1-4-23(5-2)32(28,29)16-9-7-15(8-10-16)22-20(25)19-13-24(31(3,26)27)17-12-14(21)6-11-18(17)30-19/h6-12,19H,4-5,13H2,1-3H3,(H,22,25)/t19-/m1/s1. The Morgan fingerprint density at radius 2 is 1.75 bits per heavy atom. The number of amides is 1. The predicted molar refractivity (Wildman–Crippen MR) is 123 cm³/mol. The summed E-state index contributed by atoms with van der Waals surface area (Å²) in [4.78, 5) is 12.9. The highest BCUT2D eigenvalue weighted by Gasteiger charge is 2.35. The number of carbonyl (C=O) groups excluding carboxylic acids is 1. The van der Waals surface area contributed by atoms with Gasteiger partial charge in [-0.3, -0.25) is 9.10 Å². The first-order chi connectivity index (χ1) is 15.0. The maximum absolute atomic E-state index is 12.8. The lowest BCUT2D eigenvalue weighted by atomic mass is 10.2. The number of hydrogen-bond donors (Lipinski definition) is 1. The maximum Gasteiger partial charge on any atom is 0.267 e. The molecule has 1 aliphatic rings. The minimum atomic E-state index is -3.69. The van der Waals surface area contributed by atoms with Crippen molar-refractivity contribution in [1.82, 2.24) is 4.31 Å². The molecule has 2 aromatic rings. The summed E-state index contributed by atoms with van der Waals surface area (Å²) in [6.45, 7) is 3.98. The molecular formula is C20H24ClN3O6S2. The van der Waals surface area contributed by atoms with Crippen molar-refractivity contribution in [3.63, 3.8) is 0 Å². The molecule has 0 aromatic heterocycles. The van der Waals surface area contributed by atoms with Gasteiger partial charge in [-0.15, -0.1) is 0 Å². The first-order valence-corrected chi connectivity index (χ1v) is 13.5. The van der Waals surface area contributed by atoms with Crippen molar-refractivity contribution in [2.45, 2.75) is 24.8 Å². The molecule has 0 saturated heterocycles. The van der Waals surface area contributed by atoms with E-state index in [0.717, 1.165) is 10.6 Å². The van der Waals surface area contributed by atoms with Crippen LogP contribution >= 0.6 is 11.6 Å². The van der Waals surface area contributed by atoms with Crippen molar-refractivity contribution in [2.75, 3.05) is 35.5 Å². The van der Waals surface area contributed by atoms with Crippen LogP contribution in [-0.4, -0.2) is 59.0 Å². The van der Waals surface area contributed by atoms with Gasteiger partial charge in [0.15, 0.2) is 6.10 Å². The van der Waals surface area contributed by atoms with E-state index in [9.17, 15) is 21.6 Å². The number of ether oxygens (including phenoxy) is 1. The van der Waals surface area contributed by atoms with Gasteiger partial charge in [0.05, 0.1) is 23.4 Å². The first-order valence-electron chi connectivity index (χ1n) is 9.82. The normalized spacial score (nSPS) is 16.4. The van der Waals surface area contributed by atoms with Crippen LogP contribution < -0.4 is 14.4 Å². The number of anilines is 2. The second-order valence-electron chi connectivity index (χ2n) is 7.12. The summed E-state index contributed by atoms with van der Waals surface area (Å²) >= 11 is 5.98. The van der Waals surface area contributed by atoms with E-state index in [0.29, 0.717) is 23.8 Å². The van der Waals surface area contributed by atoms with Crippen molar-refractivity contribution >= 4 is 48.9 Å². The van der Waals surface area contributed by atoms with E-state index in [2.05, 4.69) is 5.32 Å². The summed E-state index contributed by atoms with van der Waals surface area (Å²) in [5.41, 5.74) is 0.611. The highest BCUT2D eigenvalue weighted by atomic mass is 35.5. The third-order valence-electron chi connectivity index (χ3n) is 4.95. The van der Waals surface area contributed by atoms with Crippen LogP contribution in [0.4, 0.5) is 11.4 Å². The average molecular weight is 502 g/mol. The molecule has 1 heterocycles. The average Bonchev–Trinajstić information content (AvgIpc) is 2.73. The molecule has 3 rings (SSSR count). The summed E-state index contributed by atoms with van der Waals surface area (Å²) in [6, 6.07) is 10.3. The minimum absolute atomic E-state index is 0.113. The van der Waals surface area contributed by atoms with Gasteiger partial charge in [-0.1, -0.05) is 25.4 Å². The molecule has 0 bridgehead atoms. The zero-order chi connectivity index (χ0) is 23.7. The topological polar surface area (TPSA) is 113 Å². The molecule has 0 saturated carbocycles. The van der Waals surface area contributed by atoms with Crippen LogP contribution in [0.1, 0.15) is 13.8 Å². The number of fused-ring (bicyclic) bond motifs is 1. The Labute approximate surface area is 193 Å². The molecule has 0 radical (unpaired) electrons. The van der Waals surface area contributed by atoms with Crippen LogP contribution in [0, 0.1) is 0 Å². The Balaban J connectivity index is 1.80. The fourth-order valence-electron chi connectivity index (χ4n) is 3.32. The zero-order valence-electron chi connectivity index (χ0n) is 17.8. The quantitative estimate of drug-likeness (QED) is 0.623. The third-order valence-corrected chi connectivity index (χ3v) is 8.39. The summed E-state index contributed by atoms with van der Waals surface area (Å²) in [5.74, 6) is -0.356. The lowest BCUT2D eigenvalue weighted by Crippen LogP contribution is -2.48. The number of carbonyl (C=O) groups is 1. The zero-order valence-corrected chi connectivity index (χ0v) is 20.2. The van der Waals surface area contributed by atoms with Crippen LogP contribution in [0.2, 0.25) is 5.02 Å². The monoisotopic (exact) mass is 501 g/mol. The van der Waals surface area contributed by atoms with Crippen molar-refractivity contribution < 1.29 is 26.4 Å². The molecule has 1 amide bonds. The Hall–Kier alpha value is -2.34. The number of sulfonamides is 2. The van der Waals surface area contributed by atoms with Gasteiger partial charge in [-0.25, -0.2) is 16.8 Å². The summed E-state index contributed by atoms with van der Waals surface area (Å²) in [6.07, 6.45) is -0.0787. The SMILES string of the molecule is CCN(CC)S(=O)(=O)c1ccc(NC(=O)[C@H]2CN(S(C)(=O)=O)c3cc(Cl)ccc3O2)cc1. The van der Waals surface area contributed by atoms with Gasteiger partial charge in [0, 0.05) is 23.8 Å². The summed E-state index contributed by atoms with van der Waals surface area (Å²) in [7, 11) is -7.30. The predicted octanol–water partition coefficient (Wildman–Crippen LogP) is 2.54. The number of benzene rings is 2. The molecule has 1 N–H and O–H groups in total. The Morgan fingerprint density at radius 1 is 1.12 bits per heavy atom. The van der Waals surface area contributed by atoms with E-state index in [4.69, 9.17) is 16.3 Å². The molecule has 1 aliphatic heterocycles. The molecular weight excluding hydrogens is 478 g/mol. The van der Waals surface area contributed by atoms with Gasteiger partial charge < -0.3 is 10.1 Å². The second kappa shape index (κ2) is 9.26. The number of hydrogen-bond acceptors (Lipinski definition) is 6. The lowest BCUT2D eigenvalue weighted by Gasteiger charge is -2.34. The van der Waals surface area contributed by atoms with Crippen molar-refractivity contribution in [2.24, 2.45) is 0 Å². The van der Waals surface area contributed by atoms with E-state index >= 15 is 0 Å². The van der Waals surface area contributed by atoms with Crippen molar-refractivity contribution in [1.29, 1.82) is 0 Å². The maximum atomic E-state index is 12.8. The van der Waals surface area contributed by atoms with E-state index in [1.54, 1.807) is 13.8 Å². The summed E-state index contributed by atoms with van der Waals surface area (Å²) < 4.78 is 57.8. The highest BCUT2D eigenvalue weighted by Crippen LogP contribution is 2.37. The first kappa shape index (κ1) is 24.3. The molecule has 174 valence electrons. The van der Waals surface area contributed by atoms with E-state index in [1.807, 2.05) is 0 Å². The highest BCUT2D eigenvalue weighted by molar-refractivity contribution is 7.92. The lowest BCUT2D eigenvalue weighted by molar-refractivity contribution is -0.122. The van der Waals surface area contributed by atoms with Crippen LogP contribution in [0.25, 0.3) is 0 Å². The minimum Gasteiger partial charge on any atom is -0.476 e. The van der Waals surface area contributed by atoms with E-state index in [1.165, 1.54) is 46.8 Å². The van der Waals surface area contributed by atoms with Crippen LogP contribution in [0.5, 0.6) is 5.75 Å². The largest absolute Gasteiger partial charge is 0.476 e. The molecule has 0 unspecified atom stereocenters. The molecule has 12 heteroatoms. The number of halogens is 1. The second-order valence-corrected chi connectivity index (χ2v) is 11.4. The van der Waals surface area contributed by atoms with Crippen LogP contribution in [0.3, 0.4) is 0 Å². The smallest absolute Gasteiger partial charge is 0.267 e. The molecule has 0 aliphatic carbocycles. The Bertz CT molecular complexity index is 1210. The van der Waals surface area contributed by atoms with Gasteiger partial charge in [-0.05, 0) is 42.5 Å². The fourth-order valence-corrected chi connectivity index (χ4v) is 5.85.